The maximum absolute atomic E-state index is 10.2. The van der Waals surface area contributed by atoms with Crippen molar-refractivity contribution in [1.82, 2.24) is 0 Å². The van der Waals surface area contributed by atoms with Gasteiger partial charge in [0.2, 0.25) is 0 Å². The van der Waals surface area contributed by atoms with Gasteiger partial charge in [0.05, 0.1) is 25.7 Å². The largest absolute Gasteiger partial charge is 0.496 e. The van der Waals surface area contributed by atoms with Crippen molar-refractivity contribution in [3.05, 3.63) is 52.4 Å². The summed E-state index contributed by atoms with van der Waals surface area (Å²) in [5.41, 5.74) is 1.74. The van der Waals surface area contributed by atoms with Gasteiger partial charge in [-0.25, -0.2) is 0 Å². The van der Waals surface area contributed by atoms with Crippen LogP contribution in [-0.2, 0) is 6.42 Å². The lowest BCUT2D eigenvalue weighted by atomic mass is 10.0. The first-order chi connectivity index (χ1) is 8.20. The van der Waals surface area contributed by atoms with Crippen LogP contribution in [0.25, 0.3) is 0 Å². The summed E-state index contributed by atoms with van der Waals surface area (Å²) in [4.78, 5) is 0. The summed E-state index contributed by atoms with van der Waals surface area (Å²) >= 11 is 3.37. The van der Waals surface area contributed by atoms with E-state index in [4.69, 9.17) is 9.15 Å². The van der Waals surface area contributed by atoms with Crippen molar-refractivity contribution in [1.29, 1.82) is 0 Å². The lowest BCUT2D eigenvalue weighted by molar-refractivity contribution is 0.173. The Balaban J connectivity index is 2.21. The molecule has 4 heteroatoms. The van der Waals surface area contributed by atoms with Gasteiger partial charge in [-0.2, -0.15) is 0 Å². The molecule has 0 aliphatic carbocycles. The molecule has 1 unspecified atom stereocenters. The lowest BCUT2D eigenvalue weighted by Gasteiger charge is -2.14. The summed E-state index contributed by atoms with van der Waals surface area (Å²) < 4.78 is 11.2. The van der Waals surface area contributed by atoms with Crippen molar-refractivity contribution < 1.29 is 14.3 Å². The molecule has 90 valence electrons. The van der Waals surface area contributed by atoms with E-state index in [-0.39, 0.29) is 0 Å². The Labute approximate surface area is 108 Å². The third kappa shape index (κ3) is 2.90. The minimum absolute atomic E-state index is 0.508. The molecule has 2 rings (SSSR count). The first-order valence-corrected chi connectivity index (χ1v) is 6.02. The minimum atomic E-state index is -0.601. The summed E-state index contributed by atoms with van der Waals surface area (Å²) in [5.74, 6) is 0.676. The topological polar surface area (TPSA) is 42.6 Å². The number of aliphatic hydroxyl groups excluding tert-OH is 1. The van der Waals surface area contributed by atoms with E-state index in [9.17, 15) is 5.11 Å². The number of aliphatic hydroxyl groups is 1. The van der Waals surface area contributed by atoms with Gasteiger partial charge in [-0.3, -0.25) is 0 Å². The Hall–Kier alpha value is -1.26. The highest BCUT2D eigenvalue weighted by Gasteiger charge is 2.14. The predicted molar refractivity (Wildman–Crippen MR) is 68.1 cm³/mol. The maximum atomic E-state index is 10.2. The van der Waals surface area contributed by atoms with Crippen LogP contribution >= 0.6 is 15.9 Å². The molecule has 0 aliphatic rings. The van der Waals surface area contributed by atoms with Gasteiger partial charge >= 0.3 is 0 Å². The number of furan rings is 1. The van der Waals surface area contributed by atoms with Crippen molar-refractivity contribution in [2.75, 3.05) is 7.11 Å². The highest BCUT2D eigenvalue weighted by atomic mass is 79.9. The fourth-order valence-corrected chi connectivity index (χ4v) is 2.04. The van der Waals surface area contributed by atoms with Gasteiger partial charge in [-0.15, -0.1) is 0 Å². The van der Waals surface area contributed by atoms with Crippen LogP contribution in [0.15, 0.2) is 45.7 Å². The third-order valence-electron chi connectivity index (χ3n) is 2.56. The van der Waals surface area contributed by atoms with Crippen LogP contribution in [0.5, 0.6) is 5.75 Å². The van der Waals surface area contributed by atoms with E-state index < -0.39 is 6.10 Å². The Kier molecular flexibility index (Phi) is 3.86. The molecule has 3 nitrogen and oxygen atoms in total. The van der Waals surface area contributed by atoms with Crippen LogP contribution in [0.3, 0.4) is 0 Å². The monoisotopic (exact) mass is 296 g/mol. The molecule has 0 spiro atoms. The molecule has 0 bridgehead atoms. The number of rotatable bonds is 4. The van der Waals surface area contributed by atoms with E-state index in [1.165, 1.54) is 0 Å². The molecule has 0 fully saturated rings. The summed E-state index contributed by atoms with van der Waals surface area (Å²) in [6.45, 7) is 0. The molecule has 1 atom stereocenters. The Morgan fingerprint density at radius 2 is 2.24 bits per heavy atom. The quantitative estimate of drug-likeness (QED) is 0.941. The fourth-order valence-electron chi connectivity index (χ4n) is 1.70. The maximum Gasteiger partial charge on any atom is 0.125 e. The summed E-state index contributed by atoms with van der Waals surface area (Å²) in [6, 6.07) is 7.42. The molecule has 0 saturated heterocycles. The third-order valence-corrected chi connectivity index (χ3v) is 3.06. The van der Waals surface area contributed by atoms with E-state index in [0.29, 0.717) is 12.2 Å². The molecule has 0 amide bonds. The second-order valence-corrected chi connectivity index (χ2v) is 4.65. The second kappa shape index (κ2) is 5.38. The molecule has 1 aromatic heterocycles. The summed E-state index contributed by atoms with van der Waals surface area (Å²) in [7, 11) is 1.59. The van der Waals surface area contributed by atoms with Gasteiger partial charge in [0.25, 0.3) is 0 Å². The van der Waals surface area contributed by atoms with Crippen molar-refractivity contribution in [3.63, 3.8) is 0 Å². The van der Waals surface area contributed by atoms with E-state index in [2.05, 4.69) is 15.9 Å². The summed E-state index contributed by atoms with van der Waals surface area (Å²) in [5, 5.41) is 10.2. The summed E-state index contributed by atoms with van der Waals surface area (Å²) in [6.07, 6.45) is 3.14. The zero-order chi connectivity index (χ0) is 12.3. The Bertz CT molecular complexity index is 479. The molecule has 1 heterocycles. The van der Waals surface area contributed by atoms with Gasteiger partial charge in [0, 0.05) is 16.5 Å². The number of hydrogen-bond acceptors (Lipinski definition) is 3. The van der Waals surface area contributed by atoms with Gasteiger partial charge < -0.3 is 14.3 Å². The van der Waals surface area contributed by atoms with Crippen LogP contribution in [-0.4, -0.2) is 12.2 Å². The SMILES string of the molecule is COc1cc(Br)ccc1C(O)Cc1ccoc1. The van der Waals surface area contributed by atoms with Crippen LogP contribution in [0.1, 0.15) is 17.2 Å². The average molecular weight is 297 g/mol. The molecular formula is C13H13BrO3. The zero-order valence-electron chi connectivity index (χ0n) is 9.39. The van der Waals surface area contributed by atoms with Gasteiger partial charge in [0.1, 0.15) is 5.75 Å². The van der Waals surface area contributed by atoms with Crippen LogP contribution in [0.2, 0.25) is 0 Å². The Morgan fingerprint density at radius 1 is 1.41 bits per heavy atom. The van der Waals surface area contributed by atoms with Crippen molar-refractivity contribution >= 4 is 15.9 Å². The number of halogens is 1. The molecule has 1 N–H and O–H groups in total. The van der Waals surface area contributed by atoms with Gasteiger partial charge in [-0.1, -0.05) is 22.0 Å². The minimum Gasteiger partial charge on any atom is -0.496 e. The zero-order valence-corrected chi connectivity index (χ0v) is 11.0. The number of methoxy groups -OCH3 is 1. The normalized spacial score (nSPS) is 12.4. The molecule has 1 aromatic carbocycles. The molecule has 17 heavy (non-hydrogen) atoms. The van der Waals surface area contributed by atoms with Crippen molar-refractivity contribution in [3.8, 4) is 5.75 Å². The molecular weight excluding hydrogens is 284 g/mol. The first kappa shape index (κ1) is 12.2. The number of hydrogen-bond donors (Lipinski definition) is 1. The highest BCUT2D eigenvalue weighted by Crippen LogP contribution is 2.30. The first-order valence-electron chi connectivity index (χ1n) is 5.23. The van der Waals surface area contributed by atoms with E-state index in [0.717, 1.165) is 15.6 Å². The van der Waals surface area contributed by atoms with Gasteiger partial charge in [0.15, 0.2) is 0 Å². The smallest absolute Gasteiger partial charge is 0.125 e. The average Bonchev–Trinajstić information content (AvgIpc) is 2.81. The highest BCUT2D eigenvalue weighted by molar-refractivity contribution is 9.10. The molecule has 0 saturated carbocycles. The molecule has 0 radical (unpaired) electrons. The number of benzene rings is 1. The molecule has 0 aliphatic heterocycles. The Morgan fingerprint density at radius 3 is 2.88 bits per heavy atom. The van der Waals surface area contributed by atoms with E-state index in [1.54, 1.807) is 19.6 Å². The van der Waals surface area contributed by atoms with E-state index in [1.807, 2.05) is 24.3 Å². The lowest BCUT2D eigenvalue weighted by Crippen LogP contribution is -2.03. The second-order valence-electron chi connectivity index (χ2n) is 3.74. The van der Waals surface area contributed by atoms with Crippen molar-refractivity contribution in [2.24, 2.45) is 0 Å². The standard InChI is InChI=1S/C13H13BrO3/c1-16-13-7-10(14)2-3-11(13)12(15)6-9-4-5-17-8-9/h2-5,7-8,12,15H,6H2,1H3. The molecule has 2 aromatic rings. The van der Waals surface area contributed by atoms with E-state index >= 15 is 0 Å². The number of ether oxygens (including phenoxy) is 1. The van der Waals surface area contributed by atoms with Crippen molar-refractivity contribution in [2.45, 2.75) is 12.5 Å². The fraction of sp³-hybridized carbons (Fsp3) is 0.231. The van der Waals surface area contributed by atoms with Crippen LogP contribution < -0.4 is 4.74 Å². The van der Waals surface area contributed by atoms with Crippen LogP contribution in [0, 0.1) is 0 Å². The van der Waals surface area contributed by atoms with Crippen LogP contribution in [0.4, 0.5) is 0 Å². The predicted octanol–water partition coefficient (Wildman–Crippen LogP) is 3.33. The van der Waals surface area contributed by atoms with Gasteiger partial charge in [-0.05, 0) is 23.8 Å².